The van der Waals surface area contributed by atoms with Crippen molar-refractivity contribution in [2.24, 2.45) is 11.8 Å². The van der Waals surface area contributed by atoms with Crippen molar-refractivity contribution in [3.05, 3.63) is 18.0 Å². The molecular formula is C18H22F3N7O4S. The van der Waals surface area contributed by atoms with Gasteiger partial charge in [-0.25, -0.2) is 8.42 Å². The lowest BCUT2D eigenvalue weighted by atomic mass is 9.96. The van der Waals surface area contributed by atoms with Crippen LogP contribution in [0.5, 0.6) is 0 Å². The third-order valence-corrected chi connectivity index (χ3v) is 7.65. The molecular weight excluding hydrogens is 467 g/mol. The minimum Gasteiger partial charge on any atom is -0.355 e. The second-order valence-corrected chi connectivity index (χ2v) is 10.5. The molecule has 4 rings (SSSR count). The number of sulfone groups is 1. The number of carbonyl (C=O) groups is 2. The predicted molar refractivity (Wildman–Crippen MR) is 108 cm³/mol. The van der Waals surface area contributed by atoms with E-state index in [4.69, 9.17) is 0 Å². The first-order chi connectivity index (χ1) is 15.5. The highest BCUT2D eigenvalue weighted by atomic mass is 32.2. The summed E-state index contributed by atoms with van der Waals surface area (Å²) in [7, 11) is -3.08. The van der Waals surface area contributed by atoms with Crippen LogP contribution in [-0.2, 0) is 25.6 Å². The number of hydrogen-bond acceptors (Lipinski definition) is 8. The van der Waals surface area contributed by atoms with Crippen molar-refractivity contribution in [3.63, 3.8) is 0 Å². The van der Waals surface area contributed by atoms with Gasteiger partial charge < -0.3 is 4.90 Å². The molecule has 4 heterocycles. The molecule has 2 saturated heterocycles. The van der Waals surface area contributed by atoms with E-state index in [9.17, 15) is 31.2 Å². The molecule has 2 N–H and O–H groups in total. The van der Waals surface area contributed by atoms with E-state index in [0.29, 0.717) is 42.7 Å². The Bertz CT molecular complexity index is 1160. The number of anilines is 1. The molecule has 11 nitrogen and oxygen atoms in total. The normalized spacial score (nSPS) is 21.3. The van der Waals surface area contributed by atoms with Crippen LogP contribution in [0.15, 0.2) is 12.1 Å². The number of nitrogens with zero attached hydrogens (tertiary/aromatic N) is 5. The van der Waals surface area contributed by atoms with Crippen molar-refractivity contribution in [1.29, 1.82) is 0 Å². The number of halogens is 3. The molecule has 1 atom stereocenters. The summed E-state index contributed by atoms with van der Waals surface area (Å²) in [6, 6.07) is 2.95. The molecule has 2 aliphatic rings. The van der Waals surface area contributed by atoms with Crippen LogP contribution in [0.25, 0.3) is 5.65 Å². The Morgan fingerprint density at radius 1 is 1.09 bits per heavy atom. The average Bonchev–Trinajstić information content (AvgIpc) is 3.34. The number of amides is 2. The quantitative estimate of drug-likeness (QED) is 0.586. The third kappa shape index (κ3) is 5.34. The largest absolute Gasteiger partial charge is 0.453 e. The van der Waals surface area contributed by atoms with Crippen LogP contribution < -0.4 is 15.8 Å². The van der Waals surface area contributed by atoms with Crippen LogP contribution in [-0.4, -0.2) is 64.6 Å². The monoisotopic (exact) mass is 489 g/mol. The Labute approximate surface area is 186 Å². The minimum atomic E-state index is -4.69. The number of rotatable bonds is 4. The molecule has 2 fully saturated rings. The molecule has 0 spiro atoms. The summed E-state index contributed by atoms with van der Waals surface area (Å²) in [5.74, 6) is -2.30. The van der Waals surface area contributed by atoms with Crippen LogP contribution in [0, 0.1) is 11.8 Å². The highest BCUT2D eigenvalue weighted by Crippen LogP contribution is 2.28. The van der Waals surface area contributed by atoms with Crippen molar-refractivity contribution < 1.29 is 31.2 Å². The van der Waals surface area contributed by atoms with Gasteiger partial charge in [-0.3, -0.25) is 20.4 Å². The zero-order valence-corrected chi connectivity index (χ0v) is 18.2. The van der Waals surface area contributed by atoms with Crippen molar-refractivity contribution >= 4 is 33.1 Å². The van der Waals surface area contributed by atoms with Gasteiger partial charge in [-0.15, -0.1) is 15.3 Å². The first-order valence-corrected chi connectivity index (χ1v) is 12.2. The summed E-state index contributed by atoms with van der Waals surface area (Å²) in [6.07, 6.45) is -3.41. The average molecular weight is 489 g/mol. The van der Waals surface area contributed by atoms with Gasteiger partial charge in [0.1, 0.15) is 5.82 Å². The summed E-state index contributed by atoms with van der Waals surface area (Å²) >= 11 is 0. The molecule has 2 aliphatic heterocycles. The van der Waals surface area contributed by atoms with Crippen LogP contribution >= 0.6 is 0 Å². The van der Waals surface area contributed by atoms with E-state index >= 15 is 0 Å². The number of alkyl halides is 3. The number of carbonyl (C=O) groups excluding carboxylic acids is 2. The van der Waals surface area contributed by atoms with Crippen molar-refractivity contribution in [1.82, 2.24) is 30.7 Å². The second-order valence-electron chi connectivity index (χ2n) is 8.25. The van der Waals surface area contributed by atoms with Gasteiger partial charge in [-0.2, -0.15) is 17.7 Å². The Kier molecular flexibility index (Phi) is 6.16. The topological polar surface area (TPSA) is 139 Å². The van der Waals surface area contributed by atoms with E-state index < -0.39 is 33.7 Å². The number of fused-ring (bicyclic) bond motifs is 1. The SMILES string of the molecule is O=C(CC1CCS(=O)(=O)C1)NNC(=O)C1CCN(c2ccc3nnc(C(F)(F)F)n3n2)CC1. The fraction of sp³-hybridized carbons (Fsp3) is 0.611. The maximum Gasteiger partial charge on any atom is 0.453 e. The van der Waals surface area contributed by atoms with E-state index in [1.54, 1.807) is 11.0 Å². The van der Waals surface area contributed by atoms with Gasteiger partial charge >= 0.3 is 6.18 Å². The summed E-state index contributed by atoms with van der Waals surface area (Å²) in [5.41, 5.74) is 4.69. The molecule has 0 aliphatic carbocycles. The van der Waals surface area contributed by atoms with Gasteiger partial charge in [-0.1, -0.05) is 0 Å². The lowest BCUT2D eigenvalue weighted by Crippen LogP contribution is -2.47. The number of aromatic nitrogens is 4. The minimum absolute atomic E-state index is 0.0216. The summed E-state index contributed by atoms with van der Waals surface area (Å²) in [4.78, 5) is 26.1. The zero-order valence-electron chi connectivity index (χ0n) is 17.4. The molecule has 33 heavy (non-hydrogen) atoms. The number of piperidine rings is 1. The Balaban J connectivity index is 1.28. The van der Waals surface area contributed by atoms with E-state index in [0.717, 1.165) is 0 Å². The van der Waals surface area contributed by atoms with Crippen LogP contribution in [0.2, 0.25) is 0 Å². The molecule has 0 aromatic carbocycles. The molecule has 0 bridgehead atoms. The summed E-state index contributed by atoms with van der Waals surface area (Å²) in [5, 5.41) is 10.6. The fourth-order valence-electron chi connectivity index (χ4n) is 4.07. The van der Waals surface area contributed by atoms with Crippen molar-refractivity contribution in [2.45, 2.75) is 31.9 Å². The highest BCUT2D eigenvalue weighted by molar-refractivity contribution is 7.91. The van der Waals surface area contributed by atoms with Crippen molar-refractivity contribution in [2.75, 3.05) is 29.5 Å². The smallest absolute Gasteiger partial charge is 0.355 e. The maximum absolute atomic E-state index is 13.1. The van der Waals surface area contributed by atoms with Gasteiger partial charge in [0.25, 0.3) is 5.82 Å². The molecule has 2 amide bonds. The summed E-state index contributed by atoms with van der Waals surface area (Å²) in [6.45, 7) is 0.766. The molecule has 1 unspecified atom stereocenters. The zero-order chi connectivity index (χ0) is 23.8. The molecule has 0 radical (unpaired) electrons. The number of nitrogens with one attached hydrogen (secondary N) is 2. The van der Waals surface area contributed by atoms with Crippen LogP contribution in [0.4, 0.5) is 19.0 Å². The number of hydrogen-bond donors (Lipinski definition) is 2. The van der Waals surface area contributed by atoms with Gasteiger partial charge in [-0.05, 0) is 37.3 Å². The fourth-order valence-corrected chi connectivity index (χ4v) is 5.94. The third-order valence-electron chi connectivity index (χ3n) is 5.82. The Hall–Kier alpha value is -2.97. The summed E-state index contributed by atoms with van der Waals surface area (Å²) < 4.78 is 62.8. The Morgan fingerprint density at radius 2 is 1.82 bits per heavy atom. The lowest BCUT2D eigenvalue weighted by molar-refractivity contribution is -0.146. The predicted octanol–water partition coefficient (Wildman–Crippen LogP) is 0.332. The maximum atomic E-state index is 13.1. The molecule has 2 aromatic heterocycles. The van der Waals surface area contributed by atoms with E-state index in [-0.39, 0.29) is 35.4 Å². The van der Waals surface area contributed by atoms with Crippen molar-refractivity contribution in [3.8, 4) is 0 Å². The van der Waals surface area contributed by atoms with E-state index in [1.807, 2.05) is 0 Å². The standard InChI is InChI=1S/C18H22F3N7O4S/c19-18(20,21)17-25-22-13-1-2-14(26-28(13)17)27-6-3-12(4-7-27)16(30)24-23-15(29)9-11-5-8-33(31,32)10-11/h1-2,11-12H,3-10H2,(H,23,29)(H,24,30). The second kappa shape index (κ2) is 8.76. The van der Waals surface area contributed by atoms with Crippen LogP contribution in [0.3, 0.4) is 0 Å². The molecule has 2 aromatic rings. The molecule has 15 heteroatoms. The van der Waals surface area contributed by atoms with Gasteiger partial charge in [0.05, 0.1) is 11.5 Å². The van der Waals surface area contributed by atoms with E-state index in [2.05, 4.69) is 26.1 Å². The lowest BCUT2D eigenvalue weighted by Gasteiger charge is -2.32. The van der Waals surface area contributed by atoms with Gasteiger partial charge in [0, 0.05) is 25.4 Å². The first-order valence-electron chi connectivity index (χ1n) is 10.4. The van der Waals surface area contributed by atoms with Gasteiger partial charge in [0.2, 0.25) is 11.8 Å². The Morgan fingerprint density at radius 3 is 2.45 bits per heavy atom. The number of hydrazine groups is 1. The highest BCUT2D eigenvalue weighted by Gasteiger charge is 2.38. The van der Waals surface area contributed by atoms with Crippen LogP contribution in [0.1, 0.15) is 31.5 Å². The van der Waals surface area contributed by atoms with E-state index in [1.165, 1.54) is 6.07 Å². The molecule has 180 valence electrons. The molecule has 0 saturated carbocycles. The first kappa shape index (κ1) is 23.2. The van der Waals surface area contributed by atoms with Gasteiger partial charge in [0.15, 0.2) is 15.5 Å².